The van der Waals surface area contributed by atoms with Crippen molar-refractivity contribution in [1.82, 2.24) is 0 Å². The van der Waals surface area contributed by atoms with E-state index >= 15 is 0 Å². The third kappa shape index (κ3) is 3.88. The van der Waals surface area contributed by atoms with Crippen molar-refractivity contribution in [2.24, 2.45) is 0 Å². The zero-order valence-corrected chi connectivity index (χ0v) is 10.7. The van der Waals surface area contributed by atoms with Gasteiger partial charge < -0.3 is 15.8 Å². The molecule has 0 aliphatic carbocycles. The molecule has 21 heavy (non-hydrogen) atoms. The SMILES string of the molecule is Nc1cc(F)c(OCC(=O)Nc2cccc(F)c2)cc1F. The largest absolute Gasteiger partial charge is 0.481 e. The number of anilines is 2. The molecule has 0 aliphatic rings. The molecule has 0 unspecified atom stereocenters. The molecule has 0 radical (unpaired) electrons. The van der Waals surface area contributed by atoms with E-state index in [1.54, 1.807) is 0 Å². The Morgan fingerprint density at radius 2 is 1.90 bits per heavy atom. The summed E-state index contributed by atoms with van der Waals surface area (Å²) in [5.41, 5.74) is 5.05. The zero-order chi connectivity index (χ0) is 15.4. The molecule has 0 spiro atoms. The molecule has 0 heterocycles. The molecule has 7 heteroatoms. The number of carbonyl (C=O) groups is 1. The summed E-state index contributed by atoms with van der Waals surface area (Å²) < 4.78 is 44.3. The summed E-state index contributed by atoms with van der Waals surface area (Å²) in [5, 5.41) is 2.35. The zero-order valence-electron chi connectivity index (χ0n) is 10.7. The number of benzene rings is 2. The molecular weight excluding hydrogens is 285 g/mol. The van der Waals surface area contributed by atoms with E-state index in [1.807, 2.05) is 0 Å². The molecule has 1 amide bonds. The van der Waals surface area contributed by atoms with Gasteiger partial charge in [0.15, 0.2) is 18.2 Å². The number of nitrogens with one attached hydrogen (secondary N) is 1. The Bertz CT molecular complexity index is 677. The minimum Gasteiger partial charge on any atom is -0.481 e. The predicted molar refractivity (Wildman–Crippen MR) is 71.3 cm³/mol. The van der Waals surface area contributed by atoms with Crippen LogP contribution in [0, 0.1) is 17.5 Å². The lowest BCUT2D eigenvalue weighted by Crippen LogP contribution is -2.20. The fourth-order valence-electron chi connectivity index (χ4n) is 1.56. The van der Waals surface area contributed by atoms with E-state index in [1.165, 1.54) is 18.2 Å². The first kappa shape index (κ1) is 14.7. The van der Waals surface area contributed by atoms with E-state index in [-0.39, 0.29) is 11.4 Å². The van der Waals surface area contributed by atoms with Gasteiger partial charge in [-0.05, 0) is 18.2 Å². The van der Waals surface area contributed by atoms with Gasteiger partial charge in [0, 0.05) is 17.8 Å². The van der Waals surface area contributed by atoms with Crippen molar-refractivity contribution >= 4 is 17.3 Å². The molecular formula is C14H11F3N2O2. The van der Waals surface area contributed by atoms with Crippen LogP contribution in [-0.2, 0) is 4.79 Å². The minimum absolute atomic E-state index is 0.229. The van der Waals surface area contributed by atoms with Crippen molar-refractivity contribution < 1.29 is 22.7 Å². The molecule has 3 N–H and O–H groups in total. The van der Waals surface area contributed by atoms with Crippen molar-refractivity contribution in [3.8, 4) is 5.75 Å². The number of amides is 1. The van der Waals surface area contributed by atoms with Gasteiger partial charge in [-0.25, -0.2) is 13.2 Å². The summed E-state index contributed by atoms with van der Waals surface area (Å²) in [4.78, 5) is 11.6. The van der Waals surface area contributed by atoms with Crippen LogP contribution >= 0.6 is 0 Å². The second kappa shape index (κ2) is 6.17. The Balaban J connectivity index is 1.97. The highest BCUT2D eigenvalue weighted by molar-refractivity contribution is 5.91. The average molecular weight is 296 g/mol. The molecule has 0 bridgehead atoms. The van der Waals surface area contributed by atoms with Crippen molar-refractivity contribution in [3.63, 3.8) is 0 Å². The van der Waals surface area contributed by atoms with Crippen LogP contribution in [0.1, 0.15) is 0 Å². The van der Waals surface area contributed by atoms with Crippen LogP contribution in [0.25, 0.3) is 0 Å². The Hall–Kier alpha value is -2.70. The van der Waals surface area contributed by atoms with E-state index in [4.69, 9.17) is 10.5 Å². The van der Waals surface area contributed by atoms with Gasteiger partial charge in [-0.3, -0.25) is 4.79 Å². The first-order valence-corrected chi connectivity index (χ1v) is 5.88. The number of ether oxygens (including phenoxy) is 1. The van der Waals surface area contributed by atoms with E-state index in [0.717, 1.165) is 18.2 Å². The van der Waals surface area contributed by atoms with Crippen LogP contribution < -0.4 is 15.8 Å². The van der Waals surface area contributed by atoms with Crippen LogP contribution in [0.3, 0.4) is 0 Å². The second-order valence-corrected chi connectivity index (χ2v) is 4.15. The lowest BCUT2D eigenvalue weighted by atomic mass is 10.3. The maximum atomic E-state index is 13.4. The van der Waals surface area contributed by atoms with Gasteiger partial charge in [-0.2, -0.15) is 0 Å². The number of halogens is 3. The summed E-state index contributed by atoms with van der Waals surface area (Å²) in [6.07, 6.45) is 0. The quantitative estimate of drug-likeness (QED) is 0.853. The standard InChI is InChI=1S/C14H11F3N2O2/c15-8-2-1-3-9(4-8)19-14(20)7-21-13-6-10(16)12(18)5-11(13)17/h1-6H,7,18H2,(H,19,20). The average Bonchev–Trinajstić information content (AvgIpc) is 2.41. The summed E-state index contributed by atoms with van der Waals surface area (Å²) >= 11 is 0. The third-order valence-corrected chi connectivity index (χ3v) is 2.52. The summed E-state index contributed by atoms with van der Waals surface area (Å²) in [7, 11) is 0. The maximum Gasteiger partial charge on any atom is 0.262 e. The third-order valence-electron chi connectivity index (χ3n) is 2.52. The van der Waals surface area contributed by atoms with E-state index in [9.17, 15) is 18.0 Å². The molecule has 0 saturated carbocycles. The Morgan fingerprint density at radius 3 is 2.62 bits per heavy atom. The van der Waals surface area contributed by atoms with Crippen LogP contribution in [0.5, 0.6) is 5.75 Å². The molecule has 2 rings (SSSR count). The molecule has 0 saturated heterocycles. The normalized spacial score (nSPS) is 10.2. The first-order chi connectivity index (χ1) is 9.95. The molecule has 0 fully saturated rings. The van der Waals surface area contributed by atoms with Gasteiger partial charge in [0.1, 0.15) is 11.6 Å². The highest BCUT2D eigenvalue weighted by atomic mass is 19.1. The number of rotatable bonds is 4. The lowest BCUT2D eigenvalue weighted by Gasteiger charge is -2.09. The Kier molecular flexibility index (Phi) is 4.32. The second-order valence-electron chi connectivity index (χ2n) is 4.15. The van der Waals surface area contributed by atoms with Gasteiger partial charge >= 0.3 is 0 Å². The fourth-order valence-corrected chi connectivity index (χ4v) is 1.56. The van der Waals surface area contributed by atoms with Crippen molar-refractivity contribution in [3.05, 3.63) is 53.8 Å². The van der Waals surface area contributed by atoms with Gasteiger partial charge in [-0.15, -0.1) is 0 Å². The summed E-state index contributed by atoms with van der Waals surface area (Å²) in [6.45, 7) is -0.559. The molecule has 110 valence electrons. The summed E-state index contributed by atoms with van der Waals surface area (Å²) in [5.74, 6) is -3.32. The number of hydrogen-bond acceptors (Lipinski definition) is 3. The molecule has 0 atom stereocenters. The van der Waals surface area contributed by atoms with E-state index in [2.05, 4.69) is 5.32 Å². The van der Waals surface area contributed by atoms with Gasteiger partial charge in [0.25, 0.3) is 5.91 Å². The summed E-state index contributed by atoms with van der Waals surface area (Å²) in [6, 6.07) is 6.74. The molecule has 4 nitrogen and oxygen atoms in total. The van der Waals surface area contributed by atoms with Gasteiger partial charge in [-0.1, -0.05) is 6.07 Å². The number of nitrogen functional groups attached to an aromatic ring is 1. The maximum absolute atomic E-state index is 13.4. The number of hydrogen-bond donors (Lipinski definition) is 2. The molecule has 0 aromatic heterocycles. The highest BCUT2D eigenvalue weighted by Gasteiger charge is 2.11. The van der Waals surface area contributed by atoms with Gasteiger partial charge in [0.2, 0.25) is 0 Å². The van der Waals surface area contributed by atoms with E-state index < -0.39 is 35.7 Å². The van der Waals surface area contributed by atoms with Crippen LogP contribution in [0.4, 0.5) is 24.5 Å². The van der Waals surface area contributed by atoms with Crippen molar-refractivity contribution in [2.75, 3.05) is 17.7 Å². The smallest absolute Gasteiger partial charge is 0.262 e. The number of carbonyl (C=O) groups excluding carboxylic acids is 1. The lowest BCUT2D eigenvalue weighted by molar-refractivity contribution is -0.118. The minimum atomic E-state index is -0.882. The van der Waals surface area contributed by atoms with Crippen LogP contribution in [0.15, 0.2) is 36.4 Å². The van der Waals surface area contributed by atoms with Crippen molar-refractivity contribution in [2.45, 2.75) is 0 Å². The van der Waals surface area contributed by atoms with Crippen molar-refractivity contribution in [1.29, 1.82) is 0 Å². The highest BCUT2D eigenvalue weighted by Crippen LogP contribution is 2.22. The Morgan fingerprint density at radius 1 is 1.14 bits per heavy atom. The van der Waals surface area contributed by atoms with Gasteiger partial charge in [0.05, 0.1) is 5.69 Å². The first-order valence-electron chi connectivity index (χ1n) is 5.88. The predicted octanol–water partition coefficient (Wildman–Crippen LogP) is 2.70. The Labute approximate surface area is 118 Å². The molecule has 2 aromatic carbocycles. The van der Waals surface area contributed by atoms with Crippen LogP contribution in [-0.4, -0.2) is 12.5 Å². The molecule has 0 aliphatic heterocycles. The van der Waals surface area contributed by atoms with Crippen LogP contribution in [0.2, 0.25) is 0 Å². The number of nitrogens with two attached hydrogens (primary N) is 1. The van der Waals surface area contributed by atoms with E-state index in [0.29, 0.717) is 0 Å². The fraction of sp³-hybridized carbons (Fsp3) is 0.0714. The monoisotopic (exact) mass is 296 g/mol. The topological polar surface area (TPSA) is 64.3 Å². The molecule has 2 aromatic rings.